The number of hydrogen-bond acceptors (Lipinski definition) is 2. The molecule has 0 aromatic heterocycles. The standard InChI is InChI=1S/C21H28N2/c1-4-10-19(11-5-1)18-21(20-12-6-2-7-13-20)22-14-17-23-15-8-3-9-16-23/h1-2,4-7,10-13,21-22H,3,8-9,14-18H2. The average Bonchev–Trinajstić information content (AvgIpc) is 2.63. The first-order valence-corrected chi connectivity index (χ1v) is 8.96. The second-order valence-electron chi connectivity index (χ2n) is 6.51. The van der Waals surface area contributed by atoms with Crippen LogP contribution in [-0.2, 0) is 6.42 Å². The van der Waals surface area contributed by atoms with Gasteiger partial charge in [-0.2, -0.15) is 0 Å². The number of piperidine rings is 1. The van der Waals surface area contributed by atoms with Gasteiger partial charge in [-0.1, -0.05) is 67.1 Å². The largest absolute Gasteiger partial charge is 0.308 e. The number of nitrogens with one attached hydrogen (secondary N) is 1. The second-order valence-corrected chi connectivity index (χ2v) is 6.51. The fourth-order valence-corrected chi connectivity index (χ4v) is 3.42. The van der Waals surface area contributed by atoms with E-state index in [0.29, 0.717) is 6.04 Å². The Labute approximate surface area is 140 Å². The molecule has 1 unspecified atom stereocenters. The summed E-state index contributed by atoms with van der Waals surface area (Å²) in [7, 11) is 0. The minimum Gasteiger partial charge on any atom is -0.308 e. The van der Waals surface area contributed by atoms with Gasteiger partial charge in [0.1, 0.15) is 0 Å². The molecule has 1 atom stereocenters. The van der Waals surface area contributed by atoms with E-state index in [2.05, 4.69) is 70.9 Å². The van der Waals surface area contributed by atoms with Crippen LogP contribution in [-0.4, -0.2) is 31.1 Å². The van der Waals surface area contributed by atoms with Gasteiger partial charge in [0.15, 0.2) is 0 Å². The summed E-state index contributed by atoms with van der Waals surface area (Å²) in [4.78, 5) is 2.60. The molecule has 0 amide bonds. The molecule has 122 valence electrons. The first-order chi connectivity index (χ1) is 11.4. The average molecular weight is 308 g/mol. The van der Waals surface area contributed by atoms with Crippen LogP contribution in [0.1, 0.15) is 36.4 Å². The maximum Gasteiger partial charge on any atom is 0.0361 e. The maximum atomic E-state index is 3.79. The highest BCUT2D eigenvalue weighted by Gasteiger charge is 2.13. The van der Waals surface area contributed by atoms with E-state index in [1.54, 1.807) is 0 Å². The molecular weight excluding hydrogens is 280 g/mol. The lowest BCUT2D eigenvalue weighted by Crippen LogP contribution is -2.37. The van der Waals surface area contributed by atoms with Crippen LogP contribution in [0.3, 0.4) is 0 Å². The minimum absolute atomic E-state index is 0.392. The summed E-state index contributed by atoms with van der Waals surface area (Å²) in [5.41, 5.74) is 2.78. The predicted molar refractivity (Wildman–Crippen MR) is 97.6 cm³/mol. The van der Waals surface area contributed by atoms with Crippen LogP contribution in [0, 0.1) is 0 Å². The molecule has 1 fully saturated rings. The van der Waals surface area contributed by atoms with Crippen molar-refractivity contribution in [2.75, 3.05) is 26.2 Å². The molecule has 2 aromatic rings. The van der Waals surface area contributed by atoms with Crippen molar-refractivity contribution in [3.05, 3.63) is 71.8 Å². The Morgan fingerprint density at radius 3 is 2.17 bits per heavy atom. The van der Waals surface area contributed by atoms with Crippen molar-refractivity contribution < 1.29 is 0 Å². The zero-order chi connectivity index (χ0) is 15.7. The molecule has 0 spiro atoms. The summed E-state index contributed by atoms with van der Waals surface area (Å²) >= 11 is 0. The van der Waals surface area contributed by atoms with Gasteiger partial charge in [-0.05, 0) is 43.5 Å². The van der Waals surface area contributed by atoms with Gasteiger partial charge in [0.05, 0.1) is 0 Å². The number of benzene rings is 2. The van der Waals surface area contributed by atoms with E-state index >= 15 is 0 Å². The molecule has 1 aliphatic rings. The monoisotopic (exact) mass is 308 g/mol. The van der Waals surface area contributed by atoms with Gasteiger partial charge in [0.25, 0.3) is 0 Å². The molecule has 0 saturated carbocycles. The van der Waals surface area contributed by atoms with E-state index in [4.69, 9.17) is 0 Å². The van der Waals surface area contributed by atoms with Crippen LogP contribution in [0.5, 0.6) is 0 Å². The highest BCUT2D eigenvalue weighted by molar-refractivity contribution is 5.23. The summed E-state index contributed by atoms with van der Waals surface area (Å²) in [5, 5.41) is 3.79. The number of likely N-dealkylation sites (tertiary alicyclic amines) is 1. The highest BCUT2D eigenvalue weighted by atomic mass is 15.1. The third-order valence-electron chi connectivity index (χ3n) is 4.75. The van der Waals surface area contributed by atoms with E-state index in [0.717, 1.165) is 19.5 Å². The Kier molecular flexibility index (Phi) is 6.25. The molecule has 2 nitrogen and oxygen atoms in total. The minimum atomic E-state index is 0.392. The molecule has 1 heterocycles. The molecule has 2 aromatic carbocycles. The summed E-state index contributed by atoms with van der Waals surface area (Å²) in [6.45, 7) is 4.78. The summed E-state index contributed by atoms with van der Waals surface area (Å²) in [6.07, 6.45) is 5.19. The summed E-state index contributed by atoms with van der Waals surface area (Å²) in [6, 6.07) is 22.0. The van der Waals surface area contributed by atoms with Gasteiger partial charge in [-0.15, -0.1) is 0 Å². The van der Waals surface area contributed by atoms with Crippen LogP contribution in [0.4, 0.5) is 0 Å². The second kappa shape index (κ2) is 8.85. The van der Waals surface area contributed by atoms with E-state index in [9.17, 15) is 0 Å². The van der Waals surface area contributed by atoms with Crippen molar-refractivity contribution in [1.29, 1.82) is 0 Å². The topological polar surface area (TPSA) is 15.3 Å². The zero-order valence-electron chi connectivity index (χ0n) is 14.0. The lowest BCUT2D eigenvalue weighted by atomic mass is 9.99. The fourth-order valence-electron chi connectivity index (χ4n) is 3.42. The number of nitrogens with zero attached hydrogens (tertiary/aromatic N) is 1. The van der Waals surface area contributed by atoms with Crippen LogP contribution in [0.25, 0.3) is 0 Å². The van der Waals surface area contributed by atoms with Crippen LogP contribution < -0.4 is 5.32 Å². The zero-order valence-corrected chi connectivity index (χ0v) is 14.0. The van der Waals surface area contributed by atoms with E-state index in [-0.39, 0.29) is 0 Å². The Balaban J connectivity index is 1.58. The molecule has 1 aliphatic heterocycles. The normalized spacial score (nSPS) is 17.0. The first-order valence-electron chi connectivity index (χ1n) is 8.96. The number of rotatable bonds is 7. The maximum absolute atomic E-state index is 3.79. The van der Waals surface area contributed by atoms with Crippen molar-refractivity contribution in [2.24, 2.45) is 0 Å². The van der Waals surface area contributed by atoms with Crippen molar-refractivity contribution in [3.8, 4) is 0 Å². The van der Waals surface area contributed by atoms with Gasteiger partial charge in [0.2, 0.25) is 0 Å². The Morgan fingerprint density at radius 2 is 1.48 bits per heavy atom. The Hall–Kier alpha value is -1.64. The predicted octanol–water partition coefficient (Wildman–Crippen LogP) is 4.05. The molecule has 3 rings (SSSR count). The molecule has 0 radical (unpaired) electrons. The first kappa shape index (κ1) is 16.2. The lowest BCUT2D eigenvalue weighted by molar-refractivity contribution is 0.226. The SMILES string of the molecule is c1ccc(CC(NCCN2CCCCC2)c2ccccc2)cc1. The Bertz CT molecular complexity index is 547. The molecular formula is C21H28N2. The van der Waals surface area contributed by atoms with E-state index < -0.39 is 0 Å². The molecule has 1 N–H and O–H groups in total. The molecule has 0 aliphatic carbocycles. The van der Waals surface area contributed by atoms with E-state index in [1.165, 1.54) is 43.5 Å². The quantitative estimate of drug-likeness (QED) is 0.830. The summed E-state index contributed by atoms with van der Waals surface area (Å²) in [5.74, 6) is 0. The molecule has 23 heavy (non-hydrogen) atoms. The van der Waals surface area contributed by atoms with Crippen LogP contribution >= 0.6 is 0 Å². The van der Waals surface area contributed by atoms with Crippen molar-refractivity contribution in [2.45, 2.75) is 31.7 Å². The molecule has 2 heteroatoms. The van der Waals surface area contributed by atoms with Crippen molar-refractivity contribution >= 4 is 0 Å². The fraction of sp³-hybridized carbons (Fsp3) is 0.429. The van der Waals surface area contributed by atoms with Gasteiger partial charge in [-0.25, -0.2) is 0 Å². The van der Waals surface area contributed by atoms with Gasteiger partial charge in [-0.3, -0.25) is 0 Å². The van der Waals surface area contributed by atoms with E-state index in [1.807, 2.05) is 0 Å². The third-order valence-corrected chi connectivity index (χ3v) is 4.75. The Morgan fingerprint density at radius 1 is 0.826 bits per heavy atom. The highest BCUT2D eigenvalue weighted by Crippen LogP contribution is 2.18. The van der Waals surface area contributed by atoms with Crippen molar-refractivity contribution in [3.63, 3.8) is 0 Å². The number of hydrogen-bond donors (Lipinski definition) is 1. The van der Waals surface area contributed by atoms with Crippen molar-refractivity contribution in [1.82, 2.24) is 10.2 Å². The lowest BCUT2D eigenvalue weighted by Gasteiger charge is -2.28. The van der Waals surface area contributed by atoms with Crippen LogP contribution in [0.15, 0.2) is 60.7 Å². The molecule has 0 bridgehead atoms. The summed E-state index contributed by atoms with van der Waals surface area (Å²) < 4.78 is 0. The van der Waals surface area contributed by atoms with Gasteiger partial charge >= 0.3 is 0 Å². The van der Waals surface area contributed by atoms with Gasteiger partial charge in [0, 0.05) is 19.1 Å². The van der Waals surface area contributed by atoms with Gasteiger partial charge < -0.3 is 10.2 Å². The molecule has 1 saturated heterocycles. The smallest absolute Gasteiger partial charge is 0.0361 e. The van der Waals surface area contributed by atoms with Crippen LogP contribution in [0.2, 0.25) is 0 Å². The third kappa shape index (κ3) is 5.19.